The smallest absolute Gasteiger partial charge is 0.406 e. The van der Waals surface area contributed by atoms with Crippen LogP contribution in [0.2, 0.25) is 0 Å². The lowest BCUT2D eigenvalue weighted by atomic mass is 10.2. The van der Waals surface area contributed by atoms with Crippen LogP contribution in [-0.4, -0.2) is 35.9 Å². The maximum absolute atomic E-state index is 13.0. The summed E-state index contributed by atoms with van der Waals surface area (Å²) in [5.41, 5.74) is 3.34. The van der Waals surface area contributed by atoms with Gasteiger partial charge in [0.2, 0.25) is 0 Å². The van der Waals surface area contributed by atoms with Gasteiger partial charge in [-0.15, -0.1) is 13.2 Å². The molecular formula is C28H24F3N5O2S2. The SMILES string of the molecule is CCNc1ccc(C#N)cc1.CN1/C(=C2/SC(=N)N(Cc3ccccc3)C2=O)Sc2cc(OC(F)(F)F)ccc21. The van der Waals surface area contributed by atoms with Gasteiger partial charge in [0.05, 0.1) is 28.9 Å². The number of hydrogen-bond donors (Lipinski definition) is 2. The molecule has 7 nitrogen and oxygen atoms in total. The molecule has 0 spiro atoms. The first-order valence-electron chi connectivity index (χ1n) is 12.0. The number of fused-ring (bicyclic) bond motifs is 1. The summed E-state index contributed by atoms with van der Waals surface area (Å²) in [5, 5.41) is 20.5. The fourth-order valence-electron chi connectivity index (χ4n) is 3.85. The Morgan fingerprint density at radius 3 is 2.38 bits per heavy atom. The van der Waals surface area contributed by atoms with E-state index in [1.165, 1.54) is 34.9 Å². The van der Waals surface area contributed by atoms with Crippen molar-refractivity contribution in [2.24, 2.45) is 0 Å². The number of thioether (sulfide) groups is 2. The number of hydrogen-bond acceptors (Lipinski definition) is 8. The number of amides is 1. The van der Waals surface area contributed by atoms with Crippen molar-refractivity contribution < 1.29 is 22.7 Å². The summed E-state index contributed by atoms with van der Waals surface area (Å²) < 4.78 is 41.4. The van der Waals surface area contributed by atoms with Crippen molar-refractivity contribution in [2.45, 2.75) is 24.7 Å². The number of benzene rings is 3. The van der Waals surface area contributed by atoms with Gasteiger partial charge in [-0.1, -0.05) is 42.1 Å². The van der Waals surface area contributed by atoms with E-state index in [4.69, 9.17) is 10.7 Å². The van der Waals surface area contributed by atoms with E-state index in [0.717, 1.165) is 29.6 Å². The Bertz CT molecular complexity index is 1470. The number of carbonyl (C=O) groups is 1. The largest absolute Gasteiger partial charge is 0.573 e. The number of ether oxygens (including phenoxy) is 1. The van der Waals surface area contributed by atoms with Gasteiger partial charge in [-0.05, 0) is 66.7 Å². The maximum atomic E-state index is 13.0. The van der Waals surface area contributed by atoms with Gasteiger partial charge in [0.15, 0.2) is 5.17 Å². The fraction of sp³-hybridized carbons (Fsp3) is 0.179. The summed E-state index contributed by atoms with van der Waals surface area (Å²) in [5.74, 6) is -0.606. The number of halogens is 3. The molecule has 3 aromatic rings. The van der Waals surface area contributed by atoms with Crippen molar-refractivity contribution in [2.75, 3.05) is 23.8 Å². The average molecular weight is 584 g/mol. The van der Waals surface area contributed by atoms with Crippen LogP contribution in [0.5, 0.6) is 5.75 Å². The molecule has 206 valence electrons. The lowest BCUT2D eigenvalue weighted by molar-refractivity contribution is -0.274. The molecule has 5 rings (SSSR count). The summed E-state index contributed by atoms with van der Waals surface area (Å²) in [6, 6.07) is 22.9. The van der Waals surface area contributed by atoms with Crippen molar-refractivity contribution in [3.05, 3.63) is 93.9 Å². The Labute approximate surface area is 238 Å². The Morgan fingerprint density at radius 1 is 1.05 bits per heavy atom. The number of carbonyl (C=O) groups excluding carboxylic acids is 1. The van der Waals surface area contributed by atoms with Gasteiger partial charge in [0, 0.05) is 24.2 Å². The van der Waals surface area contributed by atoms with Crippen LogP contribution in [0.4, 0.5) is 24.5 Å². The fourth-order valence-corrected chi connectivity index (χ4v) is 6.08. The molecule has 1 saturated heterocycles. The van der Waals surface area contributed by atoms with Gasteiger partial charge in [-0.2, -0.15) is 5.26 Å². The topological polar surface area (TPSA) is 92.5 Å². The molecule has 0 aliphatic carbocycles. The predicted octanol–water partition coefficient (Wildman–Crippen LogP) is 7.00. The third-order valence-corrected chi connectivity index (χ3v) is 8.03. The molecule has 2 heterocycles. The first-order chi connectivity index (χ1) is 19.1. The highest BCUT2D eigenvalue weighted by Crippen LogP contribution is 2.51. The molecule has 1 amide bonds. The van der Waals surface area contributed by atoms with E-state index in [0.29, 0.717) is 26.1 Å². The molecule has 0 bridgehead atoms. The molecule has 2 aliphatic rings. The van der Waals surface area contributed by atoms with Crippen LogP contribution in [0.15, 0.2) is 87.6 Å². The van der Waals surface area contributed by atoms with Crippen LogP contribution in [-0.2, 0) is 11.3 Å². The summed E-state index contributed by atoms with van der Waals surface area (Å²) in [6.45, 7) is 3.23. The van der Waals surface area contributed by atoms with Crippen molar-refractivity contribution in [1.82, 2.24) is 4.90 Å². The minimum absolute atomic E-state index is 0.118. The minimum atomic E-state index is -4.77. The second-order valence-electron chi connectivity index (χ2n) is 8.48. The van der Waals surface area contributed by atoms with E-state index in [2.05, 4.69) is 16.1 Å². The Balaban J connectivity index is 0.000000283. The number of nitrogens with one attached hydrogen (secondary N) is 2. The van der Waals surface area contributed by atoms with Crippen molar-refractivity contribution in [3.63, 3.8) is 0 Å². The van der Waals surface area contributed by atoms with Crippen LogP contribution in [0.1, 0.15) is 18.1 Å². The zero-order chi connectivity index (χ0) is 28.9. The number of rotatable bonds is 5. The van der Waals surface area contributed by atoms with Crippen LogP contribution in [0.3, 0.4) is 0 Å². The molecular weight excluding hydrogens is 559 g/mol. The lowest BCUT2D eigenvalue weighted by Gasteiger charge is -2.16. The van der Waals surface area contributed by atoms with Crippen LogP contribution >= 0.6 is 23.5 Å². The molecule has 12 heteroatoms. The zero-order valence-electron chi connectivity index (χ0n) is 21.5. The first kappa shape index (κ1) is 28.9. The van der Waals surface area contributed by atoms with E-state index in [9.17, 15) is 18.0 Å². The first-order valence-corrected chi connectivity index (χ1v) is 13.6. The summed E-state index contributed by atoms with van der Waals surface area (Å²) >= 11 is 2.24. The van der Waals surface area contributed by atoms with Crippen LogP contribution in [0, 0.1) is 16.7 Å². The summed E-state index contributed by atoms with van der Waals surface area (Å²) in [7, 11) is 1.74. The number of anilines is 2. The van der Waals surface area contributed by atoms with E-state index in [1.807, 2.05) is 49.4 Å². The molecule has 0 atom stereocenters. The molecule has 2 aliphatic heterocycles. The quantitative estimate of drug-likeness (QED) is 0.313. The van der Waals surface area contributed by atoms with Gasteiger partial charge < -0.3 is 15.0 Å². The summed E-state index contributed by atoms with van der Waals surface area (Å²) in [4.78, 5) is 17.0. The highest BCUT2D eigenvalue weighted by Gasteiger charge is 2.39. The third-order valence-electron chi connectivity index (χ3n) is 5.69. The standard InChI is InChI=1S/C19H14F3N3O2S2.C9H10N2/c1-24-13-8-7-12(27-19(20,21)22)9-14(13)28-17(24)15-16(26)25(18(23)29-15)10-11-5-3-2-4-6-11;1-2-11-9-5-3-8(7-10)4-6-9/h2-9,23H,10H2,1H3;3-6,11H,2H2,1H3/b17-15-,23-18?;. The van der Waals surface area contributed by atoms with E-state index >= 15 is 0 Å². The number of amidine groups is 1. The number of nitriles is 1. The van der Waals surface area contributed by atoms with Crippen molar-refractivity contribution in [3.8, 4) is 11.8 Å². The number of nitrogens with zero attached hydrogens (tertiary/aromatic N) is 3. The molecule has 0 saturated carbocycles. The molecule has 3 aromatic carbocycles. The molecule has 0 radical (unpaired) electrons. The Morgan fingerprint density at radius 2 is 1.75 bits per heavy atom. The molecule has 2 N–H and O–H groups in total. The lowest BCUT2D eigenvalue weighted by Crippen LogP contribution is -2.28. The second-order valence-corrected chi connectivity index (χ2v) is 10.5. The minimum Gasteiger partial charge on any atom is -0.406 e. The normalized spacial score (nSPS) is 16.3. The molecule has 1 fully saturated rings. The zero-order valence-corrected chi connectivity index (χ0v) is 23.1. The Hall–Kier alpha value is -4.08. The monoisotopic (exact) mass is 583 g/mol. The second kappa shape index (κ2) is 12.4. The van der Waals surface area contributed by atoms with Gasteiger partial charge in [-0.3, -0.25) is 15.1 Å². The van der Waals surface area contributed by atoms with Gasteiger partial charge in [0.25, 0.3) is 5.91 Å². The highest BCUT2D eigenvalue weighted by atomic mass is 32.2. The molecule has 0 unspecified atom stereocenters. The van der Waals surface area contributed by atoms with Crippen molar-refractivity contribution in [1.29, 1.82) is 10.7 Å². The van der Waals surface area contributed by atoms with E-state index < -0.39 is 6.36 Å². The van der Waals surface area contributed by atoms with E-state index in [1.54, 1.807) is 24.1 Å². The van der Waals surface area contributed by atoms with Crippen molar-refractivity contribution >= 4 is 46.0 Å². The maximum Gasteiger partial charge on any atom is 0.573 e. The third kappa shape index (κ3) is 6.91. The van der Waals surface area contributed by atoms with Gasteiger partial charge in [0.1, 0.15) is 10.7 Å². The van der Waals surface area contributed by atoms with Gasteiger partial charge >= 0.3 is 6.36 Å². The molecule has 40 heavy (non-hydrogen) atoms. The highest BCUT2D eigenvalue weighted by molar-refractivity contribution is 8.19. The van der Waals surface area contributed by atoms with E-state index in [-0.39, 0.29) is 23.4 Å². The average Bonchev–Trinajstić information content (AvgIpc) is 3.39. The van der Waals surface area contributed by atoms with Gasteiger partial charge in [-0.25, -0.2) is 0 Å². The summed E-state index contributed by atoms with van der Waals surface area (Å²) in [6.07, 6.45) is -4.77. The Kier molecular flexibility index (Phi) is 8.96. The van der Waals surface area contributed by atoms with Crippen LogP contribution in [0.25, 0.3) is 0 Å². The number of alkyl halides is 3. The van der Waals surface area contributed by atoms with Crippen LogP contribution < -0.4 is 15.0 Å². The molecule has 0 aromatic heterocycles. The predicted molar refractivity (Wildman–Crippen MR) is 152 cm³/mol.